The molecule has 0 aliphatic heterocycles. The summed E-state index contributed by atoms with van der Waals surface area (Å²) >= 11 is 0. The first-order chi connectivity index (χ1) is 10.2. The number of hydrogen-bond acceptors (Lipinski definition) is 4. The van der Waals surface area contributed by atoms with Gasteiger partial charge in [-0.15, -0.1) is 0 Å². The number of carbonyl (C=O) groups excluding carboxylic acids is 1. The maximum absolute atomic E-state index is 11.6. The highest BCUT2D eigenvalue weighted by molar-refractivity contribution is 5.71. The molecule has 0 saturated heterocycles. The van der Waals surface area contributed by atoms with E-state index < -0.39 is 0 Å². The van der Waals surface area contributed by atoms with Crippen molar-refractivity contribution in [2.45, 2.75) is 37.6 Å². The Hall–Kier alpha value is -1.86. The summed E-state index contributed by atoms with van der Waals surface area (Å²) in [6.07, 6.45) is 4.60. The summed E-state index contributed by atoms with van der Waals surface area (Å²) in [5, 5.41) is 9.47. The molecule has 1 aromatic carbocycles. The van der Waals surface area contributed by atoms with Gasteiger partial charge in [-0.05, 0) is 18.4 Å². The Morgan fingerprint density at radius 2 is 2.05 bits per heavy atom. The van der Waals surface area contributed by atoms with Crippen molar-refractivity contribution >= 4 is 5.97 Å². The Morgan fingerprint density at radius 1 is 1.38 bits per heavy atom. The smallest absolute Gasteiger partial charge is 0.319 e. The second kappa shape index (κ2) is 7.80. The van der Waals surface area contributed by atoms with Gasteiger partial charge in [0.05, 0.1) is 25.6 Å². The molecule has 1 aliphatic carbocycles. The predicted molar refractivity (Wildman–Crippen MR) is 80.6 cm³/mol. The molecular formula is C17H22N2O2. The van der Waals surface area contributed by atoms with Gasteiger partial charge in [0.25, 0.3) is 0 Å². The van der Waals surface area contributed by atoms with Crippen LogP contribution in [0.15, 0.2) is 30.3 Å². The Kier molecular flexibility index (Phi) is 5.77. The molecule has 0 spiro atoms. The Bertz CT molecular complexity index is 489. The van der Waals surface area contributed by atoms with Crippen LogP contribution in [-0.4, -0.2) is 37.1 Å². The van der Waals surface area contributed by atoms with Crippen molar-refractivity contribution in [3.05, 3.63) is 35.9 Å². The van der Waals surface area contributed by atoms with Gasteiger partial charge in [-0.1, -0.05) is 43.2 Å². The first-order valence-electron chi connectivity index (χ1n) is 7.50. The van der Waals surface area contributed by atoms with Crippen molar-refractivity contribution in [1.82, 2.24) is 4.90 Å². The third-order valence-electron chi connectivity index (χ3n) is 4.18. The van der Waals surface area contributed by atoms with Crippen molar-refractivity contribution in [2.75, 3.05) is 20.2 Å². The number of nitrogens with zero attached hydrogens (tertiary/aromatic N) is 2. The molecule has 1 atom stereocenters. The second-order valence-electron chi connectivity index (χ2n) is 5.54. The van der Waals surface area contributed by atoms with E-state index in [1.807, 2.05) is 30.3 Å². The number of benzene rings is 1. The molecule has 0 amide bonds. The van der Waals surface area contributed by atoms with E-state index in [-0.39, 0.29) is 18.4 Å². The van der Waals surface area contributed by atoms with E-state index >= 15 is 0 Å². The lowest BCUT2D eigenvalue weighted by Crippen LogP contribution is -2.40. The lowest BCUT2D eigenvalue weighted by molar-refractivity contribution is -0.142. The number of nitriles is 1. The van der Waals surface area contributed by atoms with Crippen LogP contribution in [0.25, 0.3) is 0 Å². The molecule has 1 fully saturated rings. The number of ether oxygens (including phenoxy) is 1. The predicted octanol–water partition coefficient (Wildman–Crippen LogP) is 2.71. The zero-order chi connectivity index (χ0) is 15.1. The molecule has 1 aliphatic rings. The monoisotopic (exact) mass is 286 g/mol. The third kappa shape index (κ3) is 4.30. The van der Waals surface area contributed by atoms with E-state index in [4.69, 9.17) is 4.74 Å². The lowest BCUT2D eigenvalue weighted by Gasteiger charge is -2.29. The molecule has 0 bridgehead atoms. The minimum absolute atomic E-state index is 0.212. The molecule has 0 aromatic heterocycles. The molecule has 4 heteroatoms. The van der Waals surface area contributed by atoms with Crippen molar-refractivity contribution in [1.29, 1.82) is 5.26 Å². The van der Waals surface area contributed by atoms with Crippen LogP contribution in [0, 0.1) is 11.3 Å². The summed E-state index contributed by atoms with van der Waals surface area (Å²) in [4.78, 5) is 13.8. The van der Waals surface area contributed by atoms with E-state index in [2.05, 4.69) is 11.0 Å². The highest BCUT2D eigenvalue weighted by Crippen LogP contribution is 2.26. The van der Waals surface area contributed by atoms with Gasteiger partial charge in [-0.3, -0.25) is 9.69 Å². The van der Waals surface area contributed by atoms with Gasteiger partial charge < -0.3 is 4.74 Å². The van der Waals surface area contributed by atoms with Crippen LogP contribution in [0.5, 0.6) is 0 Å². The Labute approximate surface area is 126 Å². The van der Waals surface area contributed by atoms with E-state index in [1.165, 1.54) is 20.0 Å². The fraction of sp³-hybridized carbons (Fsp3) is 0.529. The van der Waals surface area contributed by atoms with Crippen molar-refractivity contribution in [2.24, 2.45) is 0 Å². The van der Waals surface area contributed by atoms with Gasteiger partial charge >= 0.3 is 5.97 Å². The van der Waals surface area contributed by atoms with Crippen molar-refractivity contribution < 1.29 is 9.53 Å². The number of esters is 1. The number of carbonyl (C=O) groups is 1. The van der Waals surface area contributed by atoms with Crippen LogP contribution in [-0.2, 0) is 9.53 Å². The number of rotatable bonds is 6. The third-order valence-corrected chi connectivity index (χ3v) is 4.18. The van der Waals surface area contributed by atoms with Crippen LogP contribution < -0.4 is 0 Å². The zero-order valence-corrected chi connectivity index (χ0v) is 12.5. The summed E-state index contributed by atoms with van der Waals surface area (Å²) in [6, 6.07) is 12.5. The van der Waals surface area contributed by atoms with Gasteiger partial charge in [0.2, 0.25) is 0 Å². The molecule has 4 nitrogen and oxygen atoms in total. The maximum atomic E-state index is 11.6. The minimum Gasteiger partial charge on any atom is -0.468 e. The minimum atomic E-state index is -0.230. The first kappa shape index (κ1) is 15.5. The van der Waals surface area contributed by atoms with Gasteiger partial charge in [0, 0.05) is 12.6 Å². The average Bonchev–Trinajstić information content (AvgIpc) is 3.06. The average molecular weight is 286 g/mol. The Balaban J connectivity index is 2.09. The van der Waals surface area contributed by atoms with Crippen LogP contribution in [0.3, 0.4) is 0 Å². The molecule has 0 N–H and O–H groups in total. The molecule has 2 rings (SSSR count). The van der Waals surface area contributed by atoms with Crippen LogP contribution in [0.4, 0.5) is 0 Å². The van der Waals surface area contributed by atoms with Crippen LogP contribution in [0.2, 0.25) is 0 Å². The van der Waals surface area contributed by atoms with E-state index in [1.54, 1.807) is 0 Å². The number of methoxy groups -OCH3 is 1. The SMILES string of the molecule is COC(=O)CN(CC(C#N)c1ccccc1)C1CCCC1. The zero-order valence-electron chi connectivity index (χ0n) is 12.5. The second-order valence-corrected chi connectivity index (χ2v) is 5.54. The molecule has 21 heavy (non-hydrogen) atoms. The van der Waals surface area contributed by atoms with Gasteiger partial charge in [-0.2, -0.15) is 5.26 Å². The summed E-state index contributed by atoms with van der Waals surface area (Å²) in [6.45, 7) is 0.854. The largest absolute Gasteiger partial charge is 0.468 e. The first-order valence-corrected chi connectivity index (χ1v) is 7.50. The van der Waals surface area contributed by atoms with E-state index in [9.17, 15) is 10.1 Å². The molecule has 1 aromatic rings. The highest BCUT2D eigenvalue weighted by Gasteiger charge is 2.27. The Morgan fingerprint density at radius 3 is 2.62 bits per heavy atom. The summed E-state index contributed by atoms with van der Waals surface area (Å²) in [5.41, 5.74) is 1.01. The molecule has 1 saturated carbocycles. The van der Waals surface area contributed by atoms with Crippen molar-refractivity contribution in [3.63, 3.8) is 0 Å². The fourth-order valence-electron chi connectivity index (χ4n) is 2.98. The molecule has 0 radical (unpaired) electrons. The molecule has 0 heterocycles. The quantitative estimate of drug-likeness (QED) is 0.755. The topological polar surface area (TPSA) is 53.3 Å². The van der Waals surface area contributed by atoms with Gasteiger partial charge in [-0.25, -0.2) is 0 Å². The lowest BCUT2D eigenvalue weighted by atomic mass is 9.99. The summed E-state index contributed by atoms with van der Waals surface area (Å²) < 4.78 is 4.80. The van der Waals surface area contributed by atoms with Gasteiger partial charge in [0.1, 0.15) is 0 Å². The molecule has 112 valence electrons. The maximum Gasteiger partial charge on any atom is 0.319 e. The highest BCUT2D eigenvalue weighted by atomic mass is 16.5. The van der Waals surface area contributed by atoms with Crippen LogP contribution in [0.1, 0.15) is 37.2 Å². The standard InChI is InChI=1S/C17H22N2O2/c1-21-17(20)13-19(16-9-5-6-10-16)12-15(11-18)14-7-3-2-4-8-14/h2-4,7-8,15-16H,5-6,9-10,12-13H2,1H3. The van der Waals surface area contributed by atoms with Crippen LogP contribution >= 0.6 is 0 Å². The molecular weight excluding hydrogens is 264 g/mol. The normalized spacial score (nSPS) is 16.6. The van der Waals surface area contributed by atoms with Crippen molar-refractivity contribution in [3.8, 4) is 6.07 Å². The van der Waals surface area contributed by atoms with E-state index in [0.29, 0.717) is 12.6 Å². The van der Waals surface area contributed by atoms with E-state index in [0.717, 1.165) is 18.4 Å². The summed E-state index contributed by atoms with van der Waals surface area (Å²) in [5.74, 6) is -0.442. The summed E-state index contributed by atoms with van der Waals surface area (Å²) in [7, 11) is 1.41. The number of hydrogen-bond donors (Lipinski definition) is 0. The van der Waals surface area contributed by atoms with Gasteiger partial charge in [0.15, 0.2) is 0 Å². The fourth-order valence-corrected chi connectivity index (χ4v) is 2.98. The molecule has 1 unspecified atom stereocenters.